The summed E-state index contributed by atoms with van der Waals surface area (Å²) in [5.74, 6) is 0.850. The van der Waals surface area contributed by atoms with Crippen molar-refractivity contribution in [1.29, 1.82) is 0 Å². The van der Waals surface area contributed by atoms with Crippen molar-refractivity contribution in [3.8, 4) is 5.75 Å². The summed E-state index contributed by atoms with van der Waals surface area (Å²) < 4.78 is 8.02. The van der Waals surface area contributed by atoms with Gasteiger partial charge in [-0.25, -0.2) is 4.98 Å². The molecule has 1 heterocycles. The number of benzene rings is 1. The van der Waals surface area contributed by atoms with Gasteiger partial charge in [0.2, 0.25) is 0 Å². The molecule has 20 heavy (non-hydrogen) atoms. The molecule has 1 N–H and O–H groups in total. The number of imidazole rings is 1. The second-order valence-corrected chi connectivity index (χ2v) is 5.51. The number of aliphatic hydroxyl groups excluding tert-OH is 1. The van der Waals surface area contributed by atoms with Gasteiger partial charge in [0.15, 0.2) is 0 Å². The van der Waals surface area contributed by atoms with Crippen LogP contribution in [0.4, 0.5) is 0 Å². The number of aromatic nitrogens is 2. The highest BCUT2D eigenvalue weighted by atomic mass is 16.5. The molecule has 0 radical (unpaired) electrons. The van der Waals surface area contributed by atoms with Crippen LogP contribution in [-0.2, 0) is 13.0 Å². The van der Waals surface area contributed by atoms with Crippen molar-refractivity contribution in [1.82, 2.24) is 9.55 Å². The molecule has 1 aromatic heterocycles. The van der Waals surface area contributed by atoms with Crippen molar-refractivity contribution in [2.75, 3.05) is 0 Å². The van der Waals surface area contributed by atoms with Gasteiger partial charge in [-0.05, 0) is 43.9 Å². The molecule has 0 bridgehead atoms. The average Bonchev–Trinajstić information content (AvgIpc) is 3.16. The van der Waals surface area contributed by atoms with Gasteiger partial charge in [0, 0.05) is 6.04 Å². The summed E-state index contributed by atoms with van der Waals surface area (Å²) in [6, 6.07) is 8.54. The van der Waals surface area contributed by atoms with E-state index < -0.39 is 0 Å². The van der Waals surface area contributed by atoms with Gasteiger partial charge >= 0.3 is 0 Å². The lowest BCUT2D eigenvalue weighted by atomic mass is 10.1. The maximum absolute atomic E-state index is 9.35. The van der Waals surface area contributed by atoms with Crippen LogP contribution in [-0.4, -0.2) is 20.8 Å². The van der Waals surface area contributed by atoms with Gasteiger partial charge in [-0.3, -0.25) is 0 Å². The lowest BCUT2D eigenvalue weighted by Crippen LogP contribution is -2.05. The number of ether oxygens (including phenoxy) is 1. The van der Waals surface area contributed by atoms with Crippen molar-refractivity contribution in [3.63, 3.8) is 0 Å². The van der Waals surface area contributed by atoms with Gasteiger partial charge in [0.25, 0.3) is 0 Å². The highest BCUT2D eigenvalue weighted by Crippen LogP contribution is 2.35. The summed E-state index contributed by atoms with van der Waals surface area (Å²) in [5, 5.41) is 9.35. The van der Waals surface area contributed by atoms with Gasteiger partial charge in [0.05, 0.1) is 24.3 Å². The van der Waals surface area contributed by atoms with E-state index >= 15 is 0 Å². The van der Waals surface area contributed by atoms with Crippen molar-refractivity contribution in [2.24, 2.45) is 0 Å². The minimum absolute atomic E-state index is 0.310. The normalized spacial score (nSPS) is 16.1. The van der Waals surface area contributed by atoms with E-state index in [9.17, 15) is 5.11 Å². The number of nitrogens with zero attached hydrogens (tertiary/aromatic N) is 2. The van der Waals surface area contributed by atoms with Crippen LogP contribution in [0.15, 0.2) is 36.8 Å². The Morgan fingerprint density at radius 3 is 2.75 bits per heavy atom. The number of hydrogen-bond donors (Lipinski definition) is 1. The predicted molar refractivity (Wildman–Crippen MR) is 76.7 cm³/mol. The average molecular weight is 272 g/mol. The van der Waals surface area contributed by atoms with E-state index in [-0.39, 0.29) is 6.10 Å². The maximum Gasteiger partial charge on any atom is 0.130 e. The Labute approximate surface area is 119 Å². The monoisotopic (exact) mass is 272 g/mol. The van der Waals surface area contributed by atoms with Gasteiger partial charge in [-0.15, -0.1) is 0 Å². The van der Waals surface area contributed by atoms with Gasteiger partial charge < -0.3 is 14.4 Å². The molecular weight excluding hydrogens is 252 g/mol. The molecule has 1 saturated carbocycles. The largest absolute Gasteiger partial charge is 0.487 e. The zero-order chi connectivity index (χ0) is 13.9. The molecular formula is C16H20N2O2. The first-order chi connectivity index (χ1) is 9.72. The minimum atomic E-state index is -0.310. The Hall–Kier alpha value is -1.81. The van der Waals surface area contributed by atoms with Crippen molar-refractivity contribution < 1.29 is 9.84 Å². The fraction of sp³-hybridized carbons (Fsp3) is 0.438. The first-order valence-electron chi connectivity index (χ1n) is 7.13. The molecule has 0 aliphatic heterocycles. The van der Waals surface area contributed by atoms with Crippen LogP contribution in [0.25, 0.3) is 0 Å². The molecule has 0 spiro atoms. The van der Waals surface area contributed by atoms with Crippen molar-refractivity contribution >= 4 is 0 Å². The van der Waals surface area contributed by atoms with Crippen LogP contribution in [0, 0.1) is 0 Å². The fourth-order valence-corrected chi connectivity index (χ4v) is 2.35. The summed E-state index contributed by atoms with van der Waals surface area (Å²) in [6.07, 6.45) is 6.63. The van der Waals surface area contributed by atoms with Crippen LogP contribution in [0.2, 0.25) is 0 Å². The minimum Gasteiger partial charge on any atom is -0.487 e. The Kier molecular flexibility index (Phi) is 3.74. The zero-order valence-electron chi connectivity index (χ0n) is 11.7. The summed E-state index contributed by atoms with van der Waals surface area (Å²) in [4.78, 5) is 4.20. The van der Waals surface area contributed by atoms with Crippen LogP contribution in [0.1, 0.15) is 37.1 Å². The molecule has 0 amide bonds. The highest BCUT2D eigenvalue weighted by molar-refractivity contribution is 5.27. The summed E-state index contributed by atoms with van der Waals surface area (Å²) >= 11 is 0. The summed E-state index contributed by atoms with van der Waals surface area (Å²) in [5.41, 5.74) is 2.25. The van der Waals surface area contributed by atoms with Crippen LogP contribution in [0.3, 0.4) is 0 Å². The molecule has 106 valence electrons. The topological polar surface area (TPSA) is 47.3 Å². The third kappa shape index (κ3) is 3.20. The van der Waals surface area contributed by atoms with Crippen LogP contribution in [0.5, 0.6) is 5.75 Å². The molecule has 2 aromatic rings. The van der Waals surface area contributed by atoms with E-state index in [1.165, 1.54) is 12.8 Å². The maximum atomic E-state index is 9.35. The Balaban J connectivity index is 1.59. The molecule has 1 fully saturated rings. The van der Waals surface area contributed by atoms with Gasteiger partial charge in [-0.2, -0.15) is 0 Å². The Bertz CT molecular complexity index is 556. The second-order valence-electron chi connectivity index (χ2n) is 5.51. The first kappa shape index (κ1) is 13.2. The Morgan fingerprint density at radius 2 is 2.10 bits per heavy atom. The summed E-state index contributed by atoms with van der Waals surface area (Å²) in [7, 11) is 0. The summed E-state index contributed by atoms with van der Waals surface area (Å²) in [6.45, 7) is 2.34. The number of rotatable bonds is 6. The molecule has 4 heteroatoms. The van der Waals surface area contributed by atoms with E-state index in [0.29, 0.717) is 19.1 Å². The number of aliphatic hydroxyl groups is 1. The van der Waals surface area contributed by atoms with Crippen LogP contribution < -0.4 is 4.74 Å². The third-order valence-electron chi connectivity index (χ3n) is 3.53. The van der Waals surface area contributed by atoms with Crippen molar-refractivity contribution in [2.45, 2.75) is 44.9 Å². The van der Waals surface area contributed by atoms with E-state index in [0.717, 1.165) is 17.0 Å². The first-order valence-corrected chi connectivity index (χ1v) is 7.13. The van der Waals surface area contributed by atoms with E-state index in [1.807, 2.05) is 36.8 Å². The molecule has 3 rings (SSSR count). The third-order valence-corrected chi connectivity index (χ3v) is 3.53. The molecule has 1 aromatic carbocycles. The zero-order valence-corrected chi connectivity index (χ0v) is 11.7. The SMILES string of the molecule is CC(O)Cc1ccc(OCc2cncn2C2CC2)cc1. The van der Waals surface area contributed by atoms with Crippen molar-refractivity contribution in [3.05, 3.63) is 48.0 Å². The fourth-order valence-electron chi connectivity index (χ4n) is 2.35. The predicted octanol–water partition coefficient (Wildman–Crippen LogP) is 2.72. The lowest BCUT2D eigenvalue weighted by Gasteiger charge is -2.10. The quantitative estimate of drug-likeness (QED) is 0.879. The Morgan fingerprint density at radius 1 is 1.35 bits per heavy atom. The van der Waals surface area contributed by atoms with Crippen LogP contribution >= 0.6 is 0 Å². The van der Waals surface area contributed by atoms with E-state index in [1.54, 1.807) is 6.92 Å². The molecule has 1 aliphatic rings. The van der Waals surface area contributed by atoms with E-state index in [2.05, 4.69) is 9.55 Å². The molecule has 4 nitrogen and oxygen atoms in total. The van der Waals surface area contributed by atoms with Gasteiger partial charge in [0.1, 0.15) is 12.4 Å². The molecule has 0 saturated heterocycles. The standard InChI is InChI=1S/C16H20N2O2/c1-12(19)8-13-2-6-16(7-3-13)20-10-15-9-17-11-18(15)14-4-5-14/h2-3,6-7,9,11-12,14,19H,4-5,8,10H2,1H3. The molecule has 1 atom stereocenters. The van der Waals surface area contributed by atoms with Gasteiger partial charge in [-0.1, -0.05) is 12.1 Å². The smallest absolute Gasteiger partial charge is 0.130 e. The number of hydrogen-bond acceptors (Lipinski definition) is 3. The second kappa shape index (κ2) is 5.67. The molecule has 1 aliphatic carbocycles. The van der Waals surface area contributed by atoms with E-state index in [4.69, 9.17) is 4.74 Å². The lowest BCUT2D eigenvalue weighted by molar-refractivity contribution is 0.195. The highest BCUT2D eigenvalue weighted by Gasteiger charge is 2.25. The molecule has 1 unspecified atom stereocenters.